The number of rotatable bonds is 14. The Bertz CT molecular complexity index is 2240. The molecule has 0 aliphatic heterocycles. The van der Waals surface area contributed by atoms with E-state index in [1.807, 2.05) is 100 Å². The molecule has 6 aromatic rings. The number of pyridine rings is 2. The first-order chi connectivity index (χ1) is 27.0. The molecule has 0 radical (unpaired) electrons. The van der Waals surface area contributed by atoms with Crippen molar-refractivity contribution in [3.8, 4) is 23.0 Å². The molecular formula is C45H46Br2N2O7. The van der Waals surface area contributed by atoms with Crippen molar-refractivity contribution in [3.63, 3.8) is 0 Å². The third kappa shape index (κ3) is 8.71. The van der Waals surface area contributed by atoms with Crippen LogP contribution >= 0.6 is 31.9 Å². The van der Waals surface area contributed by atoms with Crippen molar-refractivity contribution in [1.82, 2.24) is 9.97 Å². The third-order valence-electron chi connectivity index (χ3n) is 9.89. The highest BCUT2D eigenvalue weighted by Crippen LogP contribution is 2.40. The van der Waals surface area contributed by atoms with E-state index in [0.717, 1.165) is 75.5 Å². The minimum Gasteiger partial charge on any atom is -0.456 e. The Hall–Kier alpha value is -4.55. The van der Waals surface area contributed by atoms with Crippen LogP contribution in [0.15, 0.2) is 81.7 Å². The summed E-state index contributed by atoms with van der Waals surface area (Å²) in [6.07, 6.45) is -1.17. The van der Waals surface area contributed by atoms with Crippen molar-refractivity contribution in [3.05, 3.63) is 127 Å². The predicted molar refractivity (Wildman–Crippen MR) is 226 cm³/mol. The van der Waals surface area contributed by atoms with Gasteiger partial charge in [0.25, 0.3) is 0 Å². The lowest BCUT2D eigenvalue weighted by Crippen LogP contribution is -2.23. The lowest BCUT2D eigenvalue weighted by atomic mass is 9.95. The summed E-state index contributed by atoms with van der Waals surface area (Å²) in [5.74, 6) is 2.66. The Morgan fingerprint density at radius 3 is 1.36 bits per heavy atom. The first-order valence-corrected chi connectivity index (χ1v) is 20.1. The van der Waals surface area contributed by atoms with Crippen molar-refractivity contribution >= 4 is 59.8 Å². The third-order valence-corrected chi connectivity index (χ3v) is 11.2. The van der Waals surface area contributed by atoms with Crippen LogP contribution in [0.4, 0.5) is 4.79 Å². The van der Waals surface area contributed by atoms with Gasteiger partial charge in [-0.15, -0.1) is 0 Å². The van der Waals surface area contributed by atoms with Gasteiger partial charge in [-0.3, -0.25) is 9.97 Å². The van der Waals surface area contributed by atoms with Gasteiger partial charge >= 0.3 is 6.16 Å². The van der Waals surface area contributed by atoms with Gasteiger partial charge in [-0.2, -0.15) is 0 Å². The van der Waals surface area contributed by atoms with E-state index in [4.69, 9.17) is 38.4 Å². The number of hydrogen-bond acceptors (Lipinski definition) is 9. The van der Waals surface area contributed by atoms with Crippen LogP contribution in [0.2, 0.25) is 0 Å². The molecule has 6 rings (SSSR count). The number of ether oxygens (including phenoxy) is 6. The minimum absolute atomic E-state index is 0.0771. The van der Waals surface area contributed by atoms with Gasteiger partial charge in [0, 0.05) is 47.5 Å². The second kappa shape index (κ2) is 18.1. The molecule has 0 saturated carbocycles. The molecule has 2 heterocycles. The standard InChI is InChI=1S/C45H46Br2N2O7/c1-9-33-27(5)43(29-21-39(25(3)19-35(29)48-33)53-37-17-13-11-15-31(37)46)41(23-51-7)55-45(50)56-42(24-52-8)44-28(6)34(10-2)49-36-20-26(4)40(22-30(36)44)54-38-18-14-12-16-32(38)47/h11-22,41-42H,9-10,23-24H2,1-8H3. The summed E-state index contributed by atoms with van der Waals surface area (Å²) < 4.78 is 38.3. The fourth-order valence-corrected chi connectivity index (χ4v) is 7.81. The molecule has 4 aromatic carbocycles. The molecular weight excluding hydrogens is 840 g/mol. The number of halogens is 2. The average molecular weight is 887 g/mol. The quantitative estimate of drug-likeness (QED) is 0.0990. The number of methoxy groups -OCH3 is 2. The molecule has 9 nitrogen and oxygen atoms in total. The maximum Gasteiger partial charge on any atom is 0.509 e. The molecule has 0 aliphatic rings. The van der Waals surface area contributed by atoms with E-state index in [0.29, 0.717) is 35.8 Å². The molecule has 0 saturated heterocycles. The van der Waals surface area contributed by atoms with Crippen molar-refractivity contribution < 1.29 is 33.2 Å². The zero-order valence-corrected chi connectivity index (χ0v) is 36.1. The van der Waals surface area contributed by atoms with E-state index in [1.165, 1.54) is 0 Å². The van der Waals surface area contributed by atoms with Crippen LogP contribution in [0, 0.1) is 27.7 Å². The van der Waals surface area contributed by atoms with E-state index in [1.54, 1.807) is 14.2 Å². The first kappa shape index (κ1) is 41.1. The molecule has 56 heavy (non-hydrogen) atoms. The van der Waals surface area contributed by atoms with Gasteiger partial charge in [0.05, 0.1) is 33.2 Å². The van der Waals surface area contributed by atoms with E-state index in [2.05, 4.69) is 45.7 Å². The summed E-state index contributed by atoms with van der Waals surface area (Å²) >= 11 is 7.19. The largest absolute Gasteiger partial charge is 0.509 e. The summed E-state index contributed by atoms with van der Waals surface area (Å²) in [5, 5.41) is 1.57. The number of hydrogen-bond donors (Lipinski definition) is 0. The molecule has 292 valence electrons. The minimum atomic E-state index is -0.868. The van der Waals surface area contributed by atoms with Gasteiger partial charge in [-0.05, 0) is 143 Å². The maximum atomic E-state index is 14.1. The second-order valence-corrected chi connectivity index (χ2v) is 15.3. The molecule has 0 aliphatic carbocycles. The number of carbonyl (C=O) groups is 1. The summed E-state index contributed by atoms with van der Waals surface area (Å²) in [6.45, 7) is 12.2. The Balaban J connectivity index is 1.40. The normalized spacial score (nSPS) is 12.5. The Morgan fingerprint density at radius 2 is 1.00 bits per heavy atom. The first-order valence-electron chi connectivity index (χ1n) is 18.5. The monoisotopic (exact) mass is 884 g/mol. The Kier molecular flexibility index (Phi) is 13.3. The van der Waals surface area contributed by atoms with E-state index >= 15 is 0 Å². The van der Waals surface area contributed by atoms with Crippen molar-refractivity contribution in [1.29, 1.82) is 0 Å². The van der Waals surface area contributed by atoms with Crippen LogP contribution in [0.3, 0.4) is 0 Å². The molecule has 2 unspecified atom stereocenters. The number of benzene rings is 4. The number of aryl methyl sites for hydroxylation is 4. The molecule has 2 atom stereocenters. The lowest BCUT2D eigenvalue weighted by molar-refractivity contribution is -0.0399. The highest BCUT2D eigenvalue weighted by Gasteiger charge is 2.30. The number of nitrogens with zero attached hydrogens (tertiary/aromatic N) is 2. The van der Waals surface area contributed by atoms with Crippen LogP contribution in [0.1, 0.15) is 70.8 Å². The number of fused-ring (bicyclic) bond motifs is 2. The van der Waals surface area contributed by atoms with Gasteiger partial charge in [0.15, 0.2) is 12.2 Å². The molecule has 0 fully saturated rings. The molecule has 0 spiro atoms. The molecule has 0 N–H and O–H groups in total. The molecule has 2 aromatic heterocycles. The molecule has 0 bridgehead atoms. The summed E-state index contributed by atoms with van der Waals surface area (Å²) in [6, 6.07) is 23.3. The highest BCUT2D eigenvalue weighted by molar-refractivity contribution is 9.10. The number of aromatic nitrogens is 2. The topological polar surface area (TPSA) is 98.2 Å². The Morgan fingerprint density at radius 1 is 0.607 bits per heavy atom. The fourth-order valence-electron chi connectivity index (χ4n) is 7.08. The van der Waals surface area contributed by atoms with Gasteiger partial charge < -0.3 is 28.4 Å². The SMILES string of the molecule is CCc1nc2cc(C)c(Oc3ccccc3Br)cc2c(C(COC)OC(=O)OC(COC)c2c(C)c(CC)nc3cc(C)c(Oc4ccccc4Br)cc23)c1C. The molecule has 11 heteroatoms. The highest BCUT2D eigenvalue weighted by atomic mass is 79.9. The predicted octanol–water partition coefficient (Wildman–Crippen LogP) is 12.5. The zero-order chi connectivity index (χ0) is 40.1. The van der Waals surface area contributed by atoms with Crippen molar-refractivity contribution in [2.24, 2.45) is 0 Å². The Labute approximate surface area is 344 Å². The van der Waals surface area contributed by atoms with Crippen LogP contribution in [0.5, 0.6) is 23.0 Å². The second-order valence-electron chi connectivity index (χ2n) is 13.6. The maximum absolute atomic E-state index is 14.1. The van der Waals surface area contributed by atoms with E-state index in [9.17, 15) is 4.79 Å². The van der Waals surface area contributed by atoms with Crippen molar-refractivity contribution in [2.45, 2.75) is 66.6 Å². The summed E-state index contributed by atoms with van der Waals surface area (Å²) in [7, 11) is 3.16. The molecule has 0 amide bonds. The van der Waals surface area contributed by atoms with Crippen LogP contribution in [-0.4, -0.2) is 43.6 Å². The summed E-state index contributed by atoms with van der Waals surface area (Å²) in [5.41, 5.74) is 8.47. The van der Waals surface area contributed by atoms with Gasteiger partial charge in [0.1, 0.15) is 23.0 Å². The lowest BCUT2D eigenvalue weighted by Gasteiger charge is -2.26. The van der Waals surface area contributed by atoms with E-state index in [-0.39, 0.29) is 13.2 Å². The van der Waals surface area contributed by atoms with Gasteiger partial charge in [0.2, 0.25) is 0 Å². The summed E-state index contributed by atoms with van der Waals surface area (Å²) in [4.78, 5) is 24.1. The van der Waals surface area contributed by atoms with Crippen LogP contribution < -0.4 is 9.47 Å². The van der Waals surface area contributed by atoms with Gasteiger partial charge in [-0.25, -0.2) is 4.79 Å². The van der Waals surface area contributed by atoms with Crippen LogP contribution in [-0.2, 0) is 31.8 Å². The number of para-hydroxylation sites is 2. The number of carbonyl (C=O) groups excluding carboxylic acids is 1. The van der Waals surface area contributed by atoms with Crippen LogP contribution in [0.25, 0.3) is 21.8 Å². The van der Waals surface area contributed by atoms with E-state index < -0.39 is 18.4 Å². The van der Waals surface area contributed by atoms with Crippen molar-refractivity contribution in [2.75, 3.05) is 27.4 Å². The van der Waals surface area contributed by atoms with Gasteiger partial charge in [-0.1, -0.05) is 38.1 Å². The smallest absolute Gasteiger partial charge is 0.456 e. The fraction of sp³-hybridized carbons (Fsp3) is 0.311. The average Bonchev–Trinajstić information content (AvgIpc) is 3.17. The zero-order valence-electron chi connectivity index (χ0n) is 32.9.